The Hall–Kier alpha value is -2.52. The number of aromatic nitrogens is 2. The minimum Gasteiger partial charge on any atom is -0.324 e. The maximum absolute atomic E-state index is 5.57. The molecule has 0 aliphatic heterocycles. The zero-order chi connectivity index (χ0) is 13.8. The molecule has 1 heterocycles. The molecule has 3 aromatic rings. The summed E-state index contributed by atoms with van der Waals surface area (Å²) in [7, 11) is 0. The highest BCUT2D eigenvalue weighted by atomic mass is 14.9. The van der Waals surface area contributed by atoms with Gasteiger partial charge in [0.2, 0.25) is 0 Å². The Labute approximate surface area is 118 Å². The Kier molecular flexibility index (Phi) is 3.52. The van der Waals surface area contributed by atoms with E-state index < -0.39 is 0 Å². The van der Waals surface area contributed by atoms with Crippen LogP contribution in [0.15, 0.2) is 66.9 Å². The Morgan fingerprint density at radius 1 is 0.750 bits per heavy atom. The first-order valence-electron chi connectivity index (χ1n) is 6.54. The topological polar surface area (TPSA) is 51.8 Å². The summed E-state index contributed by atoms with van der Waals surface area (Å²) in [4.78, 5) is 8.54. The lowest BCUT2D eigenvalue weighted by molar-refractivity contribution is 0.912. The van der Waals surface area contributed by atoms with Gasteiger partial charge in [0.25, 0.3) is 0 Å². The van der Waals surface area contributed by atoms with E-state index >= 15 is 0 Å². The Morgan fingerprint density at radius 3 is 2.10 bits per heavy atom. The lowest BCUT2D eigenvalue weighted by Gasteiger charge is -2.05. The molecule has 0 saturated heterocycles. The maximum atomic E-state index is 5.57. The zero-order valence-electron chi connectivity index (χ0n) is 11.0. The molecular formula is C17H15N3. The molecule has 0 aliphatic carbocycles. The van der Waals surface area contributed by atoms with Crippen LogP contribution in [-0.2, 0) is 6.54 Å². The third-order valence-corrected chi connectivity index (χ3v) is 3.18. The van der Waals surface area contributed by atoms with Crippen molar-refractivity contribution in [1.82, 2.24) is 9.97 Å². The highest BCUT2D eigenvalue weighted by Crippen LogP contribution is 2.23. The molecule has 20 heavy (non-hydrogen) atoms. The molecule has 3 rings (SSSR count). The molecule has 0 fully saturated rings. The van der Waals surface area contributed by atoms with Gasteiger partial charge < -0.3 is 5.73 Å². The normalized spacial score (nSPS) is 10.4. The molecule has 0 amide bonds. The van der Waals surface area contributed by atoms with Gasteiger partial charge in [-0.3, -0.25) is 0 Å². The van der Waals surface area contributed by atoms with Crippen LogP contribution in [0.5, 0.6) is 0 Å². The van der Waals surface area contributed by atoms with Crippen molar-refractivity contribution in [1.29, 1.82) is 0 Å². The van der Waals surface area contributed by atoms with Crippen LogP contribution in [0.2, 0.25) is 0 Å². The number of nitrogens with zero attached hydrogens (tertiary/aromatic N) is 2. The van der Waals surface area contributed by atoms with Gasteiger partial charge in [0.15, 0.2) is 0 Å². The summed E-state index contributed by atoms with van der Waals surface area (Å²) in [6.45, 7) is 0.357. The van der Waals surface area contributed by atoms with Crippen molar-refractivity contribution in [2.45, 2.75) is 6.54 Å². The maximum Gasteiger partial charge on any atom is 0.142 e. The molecule has 0 spiro atoms. The van der Waals surface area contributed by atoms with E-state index in [9.17, 15) is 0 Å². The van der Waals surface area contributed by atoms with Crippen LogP contribution < -0.4 is 5.73 Å². The van der Waals surface area contributed by atoms with Crippen LogP contribution in [0.25, 0.3) is 22.4 Å². The van der Waals surface area contributed by atoms with E-state index in [0.717, 1.165) is 11.3 Å². The predicted octanol–water partition coefficient (Wildman–Crippen LogP) is 3.27. The van der Waals surface area contributed by atoms with Crippen molar-refractivity contribution in [2.75, 3.05) is 0 Å². The van der Waals surface area contributed by atoms with Crippen molar-refractivity contribution in [2.24, 2.45) is 5.73 Å². The molecule has 1 aromatic heterocycles. The average molecular weight is 261 g/mol. The van der Waals surface area contributed by atoms with E-state index in [1.807, 2.05) is 24.3 Å². The van der Waals surface area contributed by atoms with Crippen molar-refractivity contribution in [3.8, 4) is 22.4 Å². The standard InChI is InChI=1S/C17H15N3/c18-12-17-19-11-10-16(20-17)15-8-6-14(7-9-15)13-4-2-1-3-5-13/h1-11H,12,18H2. The first-order chi connectivity index (χ1) is 9.86. The van der Waals surface area contributed by atoms with E-state index in [0.29, 0.717) is 12.4 Å². The molecule has 0 radical (unpaired) electrons. The lowest BCUT2D eigenvalue weighted by atomic mass is 10.0. The second-order valence-corrected chi connectivity index (χ2v) is 4.51. The van der Waals surface area contributed by atoms with Gasteiger partial charge >= 0.3 is 0 Å². The number of rotatable bonds is 3. The second-order valence-electron chi connectivity index (χ2n) is 4.51. The highest BCUT2D eigenvalue weighted by molar-refractivity contribution is 5.68. The largest absolute Gasteiger partial charge is 0.324 e. The molecule has 3 heteroatoms. The van der Waals surface area contributed by atoms with Crippen LogP contribution in [0.1, 0.15) is 5.82 Å². The molecular weight excluding hydrogens is 246 g/mol. The summed E-state index contributed by atoms with van der Waals surface area (Å²) in [5.74, 6) is 0.662. The smallest absolute Gasteiger partial charge is 0.142 e. The fourth-order valence-electron chi connectivity index (χ4n) is 2.12. The van der Waals surface area contributed by atoms with E-state index in [1.54, 1.807) is 6.20 Å². The van der Waals surface area contributed by atoms with E-state index in [2.05, 4.69) is 46.4 Å². The number of hydrogen-bond acceptors (Lipinski definition) is 3. The summed E-state index contributed by atoms with van der Waals surface area (Å²) >= 11 is 0. The van der Waals surface area contributed by atoms with Crippen molar-refractivity contribution in [3.63, 3.8) is 0 Å². The Balaban J connectivity index is 1.93. The summed E-state index contributed by atoms with van der Waals surface area (Å²) in [6.07, 6.45) is 1.75. The van der Waals surface area contributed by atoms with E-state index in [4.69, 9.17) is 5.73 Å². The zero-order valence-corrected chi connectivity index (χ0v) is 11.0. The third-order valence-electron chi connectivity index (χ3n) is 3.18. The minimum absolute atomic E-state index is 0.357. The van der Waals surface area contributed by atoms with Crippen LogP contribution in [0, 0.1) is 0 Å². The predicted molar refractivity (Wildman–Crippen MR) is 80.8 cm³/mol. The highest BCUT2D eigenvalue weighted by Gasteiger charge is 2.02. The van der Waals surface area contributed by atoms with Crippen LogP contribution >= 0.6 is 0 Å². The molecule has 0 atom stereocenters. The molecule has 3 nitrogen and oxygen atoms in total. The number of benzene rings is 2. The van der Waals surface area contributed by atoms with Gasteiger partial charge in [-0.05, 0) is 17.2 Å². The van der Waals surface area contributed by atoms with Crippen LogP contribution in [-0.4, -0.2) is 9.97 Å². The third kappa shape index (κ3) is 2.58. The fraction of sp³-hybridized carbons (Fsp3) is 0.0588. The fourth-order valence-corrected chi connectivity index (χ4v) is 2.12. The monoisotopic (exact) mass is 261 g/mol. The summed E-state index contributed by atoms with van der Waals surface area (Å²) in [6, 6.07) is 20.6. The first kappa shape index (κ1) is 12.5. The summed E-state index contributed by atoms with van der Waals surface area (Å²) in [5, 5.41) is 0. The minimum atomic E-state index is 0.357. The van der Waals surface area contributed by atoms with E-state index in [1.165, 1.54) is 11.1 Å². The van der Waals surface area contributed by atoms with Gasteiger partial charge in [-0.15, -0.1) is 0 Å². The van der Waals surface area contributed by atoms with Crippen LogP contribution in [0.3, 0.4) is 0 Å². The molecule has 0 unspecified atom stereocenters. The van der Waals surface area contributed by atoms with Gasteiger partial charge in [-0.1, -0.05) is 54.6 Å². The molecule has 2 aromatic carbocycles. The van der Waals surface area contributed by atoms with Crippen molar-refractivity contribution >= 4 is 0 Å². The van der Waals surface area contributed by atoms with Crippen molar-refractivity contribution < 1.29 is 0 Å². The Bertz CT molecular complexity index is 691. The quantitative estimate of drug-likeness (QED) is 0.787. The van der Waals surface area contributed by atoms with Gasteiger partial charge in [-0.2, -0.15) is 0 Å². The van der Waals surface area contributed by atoms with Gasteiger partial charge in [-0.25, -0.2) is 9.97 Å². The van der Waals surface area contributed by atoms with Gasteiger partial charge in [0.05, 0.1) is 12.2 Å². The molecule has 0 saturated carbocycles. The lowest BCUT2D eigenvalue weighted by Crippen LogP contribution is -2.02. The molecule has 98 valence electrons. The molecule has 2 N–H and O–H groups in total. The molecule has 0 bridgehead atoms. The SMILES string of the molecule is NCc1nccc(-c2ccc(-c3ccccc3)cc2)n1. The summed E-state index contributed by atoms with van der Waals surface area (Å²) in [5.41, 5.74) is 9.95. The van der Waals surface area contributed by atoms with Crippen LogP contribution in [0.4, 0.5) is 0 Å². The Morgan fingerprint density at radius 2 is 1.40 bits per heavy atom. The average Bonchev–Trinajstić information content (AvgIpc) is 2.56. The first-order valence-corrected chi connectivity index (χ1v) is 6.54. The molecule has 0 aliphatic rings. The number of hydrogen-bond donors (Lipinski definition) is 1. The van der Waals surface area contributed by atoms with Gasteiger partial charge in [0, 0.05) is 11.8 Å². The van der Waals surface area contributed by atoms with E-state index in [-0.39, 0.29) is 0 Å². The second kappa shape index (κ2) is 5.63. The van der Waals surface area contributed by atoms with Crippen molar-refractivity contribution in [3.05, 3.63) is 72.7 Å². The number of nitrogens with two attached hydrogens (primary N) is 1. The van der Waals surface area contributed by atoms with Gasteiger partial charge in [0.1, 0.15) is 5.82 Å². The summed E-state index contributed by atoms with van der Waals surface area (Å²) < 4.78 is 0.